The summed E-state index contributed by atoms with van der Waals surface area (Å²) in [6.07, 6.45) is 1.93. The lowest BCUT2D eigenvalue weighted by molar-refractivity contribution is 0.575. The van der Waals surface area contributed by atoms with Crippen molar-refractivity contribution in [2.45, 2.75) is 13.0 Å². The van der Waals surface area contributed by atoms with E-state index in [1.165, 1.54) is 12.1 Å². The Labute approximate surface area is 161 Å². The minimum absolute atomic E-state index is 0.0737. The molecule has 0 amide bonds. The molecule has 0 spiro atoms. The van der Waals surface area contributed by atoms with Gasteiger partial charge < -0.3 is 4.98 Å². The first-order chi connectivity index (χ1) is 13.0. The van der Waals surface area contributed by atoms with Gasteiger partial charge in [0.15, 0.2) is 0 Å². The van der Waals surface area contributed by atoms with Crippen molar-refractivity contribution in [2.75, 3.05) is 0 Å². The second-order valence-electron chi connectivity index (χ2n) is 6.00. The van der Waals surface area contributed by atoms with Crippen LogP contribution >= 0.6 is 23.2 Å². The van der Waals surface area contributed by atoms with Crippen LogP contribution in [0.2, 0.25) is 10.2 Å². The second kappa shape index (κ2) is 6.68. The van der Waals surface area contributed by atoms with Crippen molar-refractivity contribution in [3.05, 3.63) is 83.2 Å². The molecule has 27 heavy (non-hydrogen) atoms. The number of hydrogen-bond donors (Lipinski definition) is 2. The van der Waals surface area contributed by atoms with Crippen LogP contribution in [0, 0.1) is 0 Å². The van der Waals surface area contributed by atoms with Crippen LogP contribution in [0.1, 0.15) is 5.56 Å². The van der Waals surface area contributed by atoms with Gasteiger partial charge in [-0.05, 0) is 36.2 Å². The lowest BCUT2D eigenvalue weighted by Gasteiger charge is -2.09. The largest absolute Gasteiger partial charge is 0.350 e. The minimum atomic E-state index is -0.581. The number of hydrogen-bond acceptors (Lipinski definition) is 4. The molecular formula is C18H12Cl2N4O3. The van der Waals surface area contributed by atoms with Crippen LogP contribution in [-0.4, -0.2) is 19.7 Å². The zero-order valence-electron chi connectivity index (χ0n) is 13.8. The molecule has 0 unspecified atom stereocenters. The van der Waals surface area contributed by atoms with Gasteiger partial charge in [-0.25, -0.2) is 9.67 Å². The van der Waals surface area contributed by atoms with Crippen molar-refractivity contribution in [2.24, 2.45) is 0 Å². The maximum Gasteiger partial charge on any atom is 0.287 e. The van der Waals surface area contributed by atoms with E-state index in [9.17, 15) is 14.4 Å². The molecule has 136 valence electrons. The van der Waals surface area contributed by atoms with E-state index in [2.05, 4.69) is 15.1 Å². The summed E-state index contributed by atoms with van der Waals surface area (Å²) in [5, 5.41) is 3.34. The molecule has 7 nitrogen and oxygen atoms in total. The predicted molar refractivity (Wildman–Crippen MR) is 105 cm³/mol. The normalized spacial score (nSPS) is 11.3. The zero-order chi connectivity index (χ0) is 19.1. The number of halogens is 2. The molecule has 3 aromatic heterocycles. The summed E-state index contributed by atoms with van der Waals surface area (Å²) in [5.74, 6) is 0. The minimum Gasteiger partial charge on any atom is -0.350 e. The van der Waals surface area contributed by atoms with Gasteiger partial charge in [0, 0.05) is 23.2 Å². The lowest BCUT2D eigenvalue weighted by Crippen LogP contribution is -2.34. The van der Waals surface area contributed by atoms with Crippen LogP contribution < -0.4 is 16.5 Å². The third-order valence-electron chi connectivity index (χ3n) is 4.33. The number of aryl methyl sites for hydroxylation is 2. The van der Waals surface area contributed by atoms with E-state index in [4.69, 9.17) is 23.2 Å². The first-order valence-electron chi connectivity index (χ1n) is 8.03. The number of aromatic amines is 2. The Morgan fingerprint density at radius 1 is 1.11 bits per heavy atom. The number of nitrogens with zero attached hydrogens (tertiary/aromatic N) is 2. The summed E-state index contributed by atoms with van der Waals surface area (Å²) in [7, 11) is 0. The molecule has 9 heteroatoms. The highest BCUT2D eigenvalue weighted by molar-refractivity contribution is 6.31. The van der Waals surface area contributed by atoms with Gasteiger partial charge in [0.25, 0.3) is 11.1 Å². The Morgan fingerprint density at radius 3 is 2.70 bits per heavy atom. The molecule has 3 heterocycles. The summed E-state index contributed by atoms with van der Waals surface area (Å²) < 4.78 is 1.12. The predicted octanol–water partition coefficient (Wildman–Crippen LogP) is 2.48. The summed E-state index contributed by atoms with van der Waals surface area (Å²) in [6, 6.07) is 8.13. The Morgan fingerprint density at radius 2 is 1.93 bits per heavy atom. The Balaban J connectivity index is 1.89. The molecule has 0 bridgehead atoms. The summed E-state index contributed by atoms with van der Waals surface area (Å²) in [6.45, 7) is 0.146. The Hall–Kier alpha value is -2.90. The van der Waals surface area contributed by atoms with Crippen LogP contribution in [0.3, 0.4) is 0 Å². The second-order valence-corrected chi connectivity index (χ2v) is 6.79. The van der Waals surface area contributed by atoms with Gasteiger partial charge in [-0.3, -0.25) is 19.5 Å². The SMILES string of the molecule is O=c1[nH]n(CCc2cccnc2Cl)c(=O)c2c(=O)c3ccc(Cl)cc3[nH]c12. The molecule has 2 N–H and O–H groups in total. The summed E-state index contributed by atoms with van der Waals surface area (Å²) in [5.41, 5.74) is -0.613. The van der Waals surface area contributed by atoms with Gasteiger partial charge in [-0.15, -0.1) is 0 Å². The van der Waals surface area contributed by atoms with Crippen molar-refractivity contribution in [1.29, 1.82) is 0 Å². The van der Waals surface area contributed by atoms with E-state index in [1.807, 2.05) is 0 Å². The van der Waals surface area contributed by atoms with Gasteiger partial charge in [0.2, 0.25) is 5.43 Å². The highest BCUT2D eigenvalue weighted by atomic mass is 35.5. The smallest absolute Gasteiger partial charge is 0.287 e. The van der Waals surface area contributed by atoms with E-state index < -0.39 is 16.5 Å². The molecule has 4 aromatic rings. The van der Waals surface area contributed by atoms with E-state index in [1.54, 1.807) is 24.4 Å². The van der Waals surface area contributed by atoms with Crippen LogP contribution in [-0.2, 0) is 13.0 Å². The molecule has 0 saturated carbocycles. The number of H-pyrrole nitrogens is 2. The van der Waals surface area contributed by atoms with Crippen molar-refractivity contribution >= 4 is 45.0 Å². The molecule has 0 aliphatic rings. The molecule has 0 aliphatic heterocycles. The molecule has 0 atom stereocenters. The molecule has 0 fully saturated rings. The van der Waals surface area contributed by atoms with Crippen LogP contribution in [0.4, 0.5) is 0 Å². The fourth-order valence-corrected chi connectivity index (χ4v) is 3.38. The number of rotatable bonds is 3. The summed E-state index contributed by atoms with van der Waals surface area (Å²) >= 11 is 12.0. The average molecular weight is 403 g/mol. The topological polar surface area (TPSA) is 101 Å². The van der Waals surface area contributed by atoms with E-state index in [-0.39, 0.29) is 22.8 Å². The average Bonchev–Trinajstić information content (AvgIpc) is 2.64. The third kappa shape index (κ3) is 3.05. The van der Waals surface area contributed by atoms with Gasteiger partial charge in [0.05, 0.1) is 5.52 Å². The van der Waals surface area contributed by atoms with Crippen molar-refractivity contribution in [3.63, 3.8) is 0 Å². The molecule has 4 rings (SSSR count). The zero-order valence-corrected chi connectivity index (χ0v) is 15.3. The molecule has 0 aliphatic carbocycles. The van der Waals surface area contributed by atoms with Crippen molar-refractivity contribution in [1.82, 2.24) is 19.7 Å². The highest BCUT2D eigenvalue weighted by Gasteiger charge is 2.15. The lowest BCUT2D eigenvalue weighted by atomic mass is 10.1. The first kappa shape index (κ1) is 17.5. The van der Waals surface area contributed by atoms with Crippen molar-refractivity contribution in [3.8, 4) is 0 Å². The Kier molecular flexibility index (Phi) is 4.33. The van der Waals surface area contributed by atoms with Gasteiger partial charge in [-0.2, -0.15) is 0 Å². The van der Waals surface area contributed by atoms with E-state index in [0.717, 1.165) is 10.2 Å². The number of pyridine rings is 2. The molecule has 0 radical (unpaired) electrons. The summed E-state index contributed by atoms with van der Waals surface area (Å²) in [4.78, 5) is 44.9. The van der Waals surface area contributed by atoms with Crippen LogP contribution in [0.5, 0.6) is 0 Å². The van der Waals surface area contributed by atoms with Crippen molar-refractivity contribution < 1.29 is 0 Å². The Bertz CT molecular complexity index is 1370. The van der Waals surface area contributed by atoms with E-state index >= 15 is 0 Å². The molecular weight excluding hydrogens is 391 g/mol. The number of aromatic nitrogens is 4. The van der Waals surface area contributed by atoms with Gasteiger partial charge in [0.1, 0.15) is 16.1 Å². The quantitative estimate of drug-likeness (QED) is 0.405. The van der Waals surface area contributed by atoms with Crippen LogP contribution in [0.25, 0.3) is 21.8 Å². The third-order valence-corrected chi connectivity index (χ3v) is 4.90. The molecule has 0 saturated heterocycles. The van der Waals surface area contributed by atoms with Gasteiger partial charge in [-0.1, -0.05) is 29.3 Å². The van der Waals surface area contributed by atoms with Crippen LogP contribution in [0.15, 0.2) is 50.9 Å². The highest BCUT2D eigenvalue weighted by Crippen LogP contribution is 2.16. The fraction of sp³-hybridized carbons (Fsp3) is 0.111. The number of benzene rings is 1. The monoisotopic (exact) mass is 402 g/mol. The standard InChI is InChI=1S/C18H12Cl2N4O3/c19-10-3-4-11-12(8-10)22-14-13(15(11)25)18(27)24(23-17(14)26)7-5-9-2-1-6-21-16(9)20/h1-4,6,8H,5,7H2,(H,22,25)(H,23,26). The van der Waals surface area contributed by atoms with Gasteiger partial charge >= 0.3 is 0 Å². The molecule has 1 aromatic carbocycles. The van der Waals surface area contributed by atoms with E-state index in [0.29, 0.717) is 22.1 Å². The maximum atomic E-state index is 12.8. The number of nitrogens with one attached hydrogen (secondary N) is 2. The maximum absolute atomic E-state index is 12.8. The first-order valence-corrected chi connectivity index (χ1v) is 8.79. The fourth-order valence-electron chi connectivity index (χ4n) is 3.00. The number of fused-ring (bicyclic) bond motifs is 2.